The molecule has 0 radical (unpaired) electrons. The molecule has 0 aliphatic rings. The number of anilines is 1. The molecule has 0 atom stereocenters. The maximum absolute atomic E-state index is 13.3. The molecule has 1 aromatic carbocycles. The molecule has 0 saturated carbocycles. The summed E-state index contributed by atoms with van der Waals surface area (Å²) in [5.41, 5.74) is 0.268. The Kier molecular flexibility index (Phi) is 3.18. The summed E-state index contributed by atoms with van der Waals surface area (Å²) in [4.78, 5) is 15.5. The van der Waals surface area contributed by atoms with Gasteiger partial charge in [-0.05, 0) is 6.07 Å². The van der Waals surface area contributed by atoms with E-state index in [0.29, 0.717) is 5.56 Å². The van der Waals surface area contributed by atoms with Gasteiger partial charge in [0.2, 0.25) is 0 Å². The molecule has 1 heterocycles. The van der Waals surface area contributed by atoms with Crippen LogP contribution < -0.4 is 10.9 Å². The Labute approximate surface area is 97.7 Å². The lowest BCUT2D eigenvalue weighted by molar-refractivity contribution is 0.612. The average Bonchev–Trinajstić information content (AvgIpc) is 2.33. The van der Waals surface area contributed by atoms with Crippen LogP contribution in [0.3, 0.4) is 0 Å². The minimum atomic E-state index is -0.298. The summed E-state index contributed by atoms with van der Waals surface area (Å²) in [5.74, 6) is -0.0778. The molecule has 0 fully saturated rings. The Morgan fingerprint density at radius 1 is 1.41 bits per heavy atom. The van der Waals surface area contributed by atoms with Gasteiger partial charge in [0.15, 0.2) is 5.82 Å². The molecule has 0 unspecified atom stereocenters. The molecule has 0 amide bonds. The molecule has 1 N–H and O–H groups in total. The number of nitrogens with zero attached hydrogens (tertiary/aromatic N) is 2. The highest BCUT2D eigenvalue weighted by Crippen LogP contribution is 2.07. The van der Waals surface area contributed by atoms with E-state index in [1.807, 2.05) is 0 Å². The number of hydrogen-bond donors (Lipinski definition) is 1. The predicted octanol–water partition coefficient (Wildman–Crippen LogP) is 1.53. The summed E-state index contributed by atoms with van der Waals surface area (Å²) in [6.45, 7) is 0.235. The zero-order chi connectivity index (χ0) is 12.3. The molecule has 1 aromatic heterocycles. The number of rotatable bonds is 3. The van der Waals surface area contributed by atoms with Crippen LogP contribution in [0.4, 0.5) is 10.2 Å². The second kappa shape index (κ2) is 4.78. The minimum Gasteiger partial charge on any atom is -0.361 e. The van der Waals surface area contributed by atoms with Crippen LogP contribution in [0, 0.1) is 5.82 Å². The smallest absolute Gasteiger partial charge is 0.293 e. The lowest BCUT2D eigenvalue weighted by Gasteiger charge is -2.06. The summed E-state index contributed by atoms with van der Waals surface area (Å²) in [6.07, 6.45) is 3.09. The SMILES string of the molecule is Cn1ccnc(NCc2ccccc2F)c1=O. The van der Waals surface area contributed by atoms with Gasteiger partial charge in [0.25, 0.3) is 5.56 Å². The van der Waals surface area contributed by atoms with Gasteiger partial charge in [-0.25, -0.2) is 9.37 Å². The fourth-order valence-corrected chi connectivity index (χ4v) is 1.44. The van der Waals surface area contributed by atoms with Gasteiger partial charge in [-0.3, -0.25) is 4.79 Å². The van der Waals surface area contributed by atoms with E-state index in [0.717, 1.165) is 0 Å². The van der Waals surface area contributed by atoms with Crippen molar-refractivity contribution in [2.24, 2.45) is 7.05 Å². The van der Waals surface area contributed by atoms with Crippen LogP contribution in [-0.4, -0.2) is 9.55 Å². The van der Waals surface area contributed by atoms with Gasteiger partial charge in [0.1, 0.15) is 5.82 Å². The molecular weight excluding hydrogens is 221 g/mol. The van der Waals surface area contributed by atoms with Crippen molar-refractivity contribution in [2.45, 2.75) is 6.54 Å². The fraction of sp³-hybridized carbons (Fsp3) is 0.167. The molecule has 0 saturated heterocycles. The van der Waals surface area contributed by atoms with Gasteiger partial charge in [-0.1, -0.05) is 18.2 Å². The van der Waals surface area contributed by atoms with E-state index < -0.39 is 0 Å². The summed E-state index contributed by atoms with van der Waals surface area (Å²) in [7, 11) is 1.64. The maximum atomic E-state index is 13.3. The second-order valence-electron chi connectivity index (χ2n) is 3.64. The molecular formula is C12H12FN3O. The van der Waals surface area contributed by atoms with E-state index in [1.54, 1.807) is 31.4 Å². The zero-order valence-corrected chi connectivity index (χ0v) is 9.35. The van der Waals surface area contributed by atoms with Crippen molar-refractivity contribution >= 4 is 5.82 Å². The number of halogens is 1. The zero-order valence-electron chi connectivity index (χ0n) is 9.35. The third-order valence-electron chi connectivity index (χ3n) is 2.42. The quantitative estimate of drug-likeness (QED) is 0.874. The Morgan fingerprint density at radius 3 is 2.94 bits per heavy atom. The first-order valence-corrected chi connectivity index (χ1v) is 5.17. The van der Waals surface area contributed by atoms with Crippen molar-refractivity contribution in [3.63, 3.8) is 0 Å². The van der Waals surface area contributed by atoms with Crippen LogP contribution in [-0.2, 0) is 13.6 Å². The Bertz CT molecular complexity index is 580. The number of nitrogens with one attached hydrogen (secondary N) is 1. The summed E-state index contributed by atoms with van der Waals surface area (Å²) in [5, 5.41) is 2.83. The largest absolute Gasteiger partial charge is 0.361 e. The van der Waals surface area contributed by atoms with Crippen molar-refractivity contribution < 1.29 is 4.39 Å². The van der Waals surface area contributed by atoms with Crippen molar-refractivity contribution in [2.75, 3.05) is 5.32 Å². The molecule has 0 aliphatic carbocycles. The molecule has 0 bridgehead atoms. The Hall–Kier alpha value is -2.17. The highest BCUT2D eigenvalue weighted by molar-refractivity contribution is 5.33. The number of aromatic nitrogens is 2. The number of aryl methyl sites for hydroxylation is 1. The van der Waals surface area contributed by atoms with E-state index >= 15 is 0 Å². The van der Waals surface area contributed by atoms with Crippen LogP contribution in [0.2, 0.25) is 0 Å². The van der Waals surface area contributed by atoms with Crippen LogP contribution in [0.5, 0.6) is 0 Å². The van der Waals surface area contributed by atoms with E-state index in [1.165, 1.54) is 16.8 Å². The fourth-order valence-electron chi connectivity index (χ4n) is 1.44. The highest BCUT2D eigenvalue weighted by atomic mass is 19.1. The minimum absolute atomic E-state index is 0.221. The highest BCUT2D eigenvalue weighted by Gasteiger charge is 2.04. The monoisotopic (exact) mass is 233 g/mol. The standard InChI is InChI=1S/C12H12FN3O/c1-16-7-6-14-11(12(16)17)15-8-9-4-2-3-5-10(9)13/h2-7H,8H2,1H3,(H,14,15). The van der Waals surface area contributed by atoms with Gasteiger partial charge in [0, 0.05) is 31.5 Å². The molecule has 0 aliphatic heterocycles. The summed E-state index contributed by atoms with van der Waals surface area (Å²) in [6, 6.07) is 6.42. The predicted molar refractivity (Wildman–Crippen MR) is 63.2 cm³/mol. The van der Waals surface area contributed by atoms with Crippen LogP contribution in [0.25, 0.3) is 0 Å². The molecule has 17 heavy (non-hydrogen) atoms. The Balaban J connectivity index is 2.16. The summed E-state index contributed by atoms with van der Waals surface area (Å²) >= 11 is 0. The van der Waals surface area contributed by atoms with Crippen molar-refractivity contribution in [1.82, 2.24) is 9.55 Å². The third kappa shape index (κ3) is 2.50. The van der Waals surface area contributed by atoms with E-state index in [4.69, 9.17) is 0 Å². The first-order valence-electron chi connectivity index (χ1n) is 5.17. The number of hydrogen-bond acceptors (Lipinski definition) is 3. The molecule has 2 aromatic rings. The van der Waals surface area contributed by atoms with E-state index in [9.17, 15) is 9.18 Å². The van der Waals surface area contributed by atoms with Gasteiger partial charge in [-0.15, -0.1) is 0 Å². The molecule has 0 spiro atoms. The third-order valence-corrected chi connectivity index (χ3v) is 2.42. The molecule has 5 heteroatoms. The summed E-state index contributed by atoms with van der Waals surface area (Å²) < 4.78 is 14.7. The Morgan fingerprint density at radius 2 is 2.18 bits per heavy atom. The van der Waals surface area contributed by atoms with Gasteiger partial charge in [0.05, 0.1) is 0 Å². The van der Waals surface area contributed by atoms with Crippen LogP contribution in [0.15, 0.2) is 41.5 Å². The molecule has 2 rings (SSSR count). The molecule has 4 nitrogen and oxygen atoms in total. The molecule has 88 valence electrons. The van der Waals surface area contributed by atoms with E-state index in [-0.39, 0.29) is 23.7 Å². The van der Waals surface area contributed by atoms with Crippen LogP contribution in [0.1, 0.15) is 5.56 Å². The normalized spacial score (nSPS) is 10.2. The number of benzene rings is 1. The van der Waals surface area contributed by atoms with Crippen LogP contribution >= 0.6 is 0 Å². The van der Waals surface area contributed by atoms with Crippen molar-refractivity contribution in [3.05, 3.63) is 58.4 Å². The maximum Gasteiger partial charge on any atom is 0.293 e. The van der Waals surface area contributed by atoms with Gasteiger partial charge >= 0.3 is 0 Å². The first-order chi connectivity index (χ1) is 8.18. The lowest BCUT2D eigenvalue weighted by atomic mass is 10.2. The van der Waals surface area contributed by atoms with Crippen molar-refractivity contribution in [3.8, 4) is 0 Å². The second-order valence-corrected chi connectivity index (χ2v) is 3.64. The van der Waals surface area contributed by atoms with Gasteiger partial charge in [-0.2, -0.15) is 0 Å². The lowest BCUT2D eigenvalue weighted by Crippen LogP contribution is -2.21. The van der Waals surface area contributed by atoms with E-state index in [2.05, 4.69) is 10.3 Å². The topological polar surface area (TPSA) is 46.9 Å². The first kappa shape index (κ1) is 11.3. The average molecular weight is 233 g/mol. The van der Waals surface area contributed by atoms with Gasteiger partial charge < -0.3 is 9.88 Å². The van der Waals surface area contributed by atoms with Crippen molar-refractivity contribution in [1.29, 1.82) is 0 Å².